The number of aromatic nitrogens is 1. The van der Waals surface area contributed by atoms with Gasteiger partial charge in [-0.2, -0.15) is 0 Å². The summed E-state index contributed by atoms with van der Waals surface area (Å²) in [6.45, 7) is 3.28. The van der Waals surface area contributed by atoms with Gasteiger partial charge in [-0.1, -0.05) is 17.7 Å². The number of nitrogens with zero attached hydrogens (tertiary/aromatic N) is 3. The summed E-state index contributed by atoms with van der Waals surface area (Å²) in [5, 5.41) is 14.1. The Balaban J connectivity index is 2.06. The molecule has 0 saturated heterocycles. The summed E-state index contributed by atoms with van der Waals surface area (Å²) in [7, 11) is 1.95. The highest BCUT2D eigenvalue weighted by Crippen LogP contribution is 2.25. The smallest absolute Gasteiger partial charge is 0.288 e. The fourth-order valence-corrected chi connectivity index (χ4v) is 2.71. The molecule has 1 heterocycles. The van der Waals surface area contributed by atoms with E-state index in [0.717, 1.165) is 16.3 Å². The van der Waals surface area contributed by atoms with Crippen LogP contribution >= 0.6 is 22.9 Å². The molecule has 0 radical (unpaired) electrons. The number of hydrogen-bond acceptors (Lipinski definition) is 5. The van der Waals surface area contributed by atoms with E-state index in [-0.39, 0.29) is 10.7 Å². The van der Waals surface area contributed by atoms with Gasteiger partial charge in [0, 0.05) is 24.5 Å². The first-order chi connectivity index (χ1) is 9.45. The monoisotopic (exact) mass is 311 g/mol. The third kappa shape index (κ3) is 3.75. The molecule has 5 nitrogen and oxygen atoms in total. The van der Waals surface area contributed by atoms with E-state index in [1.165, 1.54) is 6.07 Å². The zero-order valence-electron chi connectivity index (χ0n) is 11.2. The van der Waals surface area contributed by atoms with Gasteiger partial charge in [-0.15, -0.1) is 11.3 Å². The lowest BCUT2D eigenvalue weighted by atomic mass is 10.2. The first kappa shape index (κ1) is 14.9. The molecule has 7 heteroatoms. The molecular formula is C13H14ClN3O2S. The van der Waals surface area contributed by atoms with Crippen LogP contribution in [0.5, 0.6) is 0 Å². The van der Waals surface area contributed by atoms with Gasteiger partial charge in [0.25, 0.3) is 5.69 Å². The number of nitro benzene ring substituents is 1. The minimum absolute atomic E-state index is 0.0536. The standard InChI is InChI=1S/C13H14ClN3O2S/c1-9-15-11(8-20-9)7-16(2)6-10-3-4-12(14)13(5-10)17(18)19/h3-5,8H,6-7H2,1-2H3. The molecule has 0 aliphatic heterocycles. The van der Waals surface area contributed by atoms with Gasteiger partial charge in [0.1, 0.15) is 5.02 Å². The molecule has 0 aliphatic rings. The van der Waals surface area contributed by atoms with Crippen molar-refractivity contribution in [1.82, 2.24) is 9.88 Å². The number of aryl methyl sites for hydroxylation is 1. The lowest BCUT2D eigenvalue weighted by molar-refractivity contribution is -0.384. The van der Waals surface area contributed by atoms with Gasteiger partial charge >= 0.3 is 0 Å². The van der Waals surface area contributed by atoms with Crippen LogP contribution in [0.3, 0.4) is 0 Å². The van der Waals surface area contributed by atoms with Gasteiger partial charge < -0.3 is 0 Å². The number of thiazole rings is 1. The van der Waals surface area contributed by atoms with Gasteiger partial charge in [-0.25, -0.2) is 4.98 Å². The second-order valence-corrected chi connectivity index (χ2v) is 6.04. The third-order valence-corrected chi connectivity index (χ3v) is 3.90. The molecule has 0 amide bonds. The van der Waals surface area contributed by atoms with Crippen LogP contribution in [0.1, 0.15) is 16.3 Å². The Morgan fingerprint density at radius 2 is 2.20 bits per heavy atom. The summed E-state index contributed by atoms with van der Waals surface area (Å²) in [4.78, 5) is 16.8. The highest BCUT2D eigenvalue weighted by atomic mass is 35.5. The van der Waals surface area contributed by atoms with E-state index in [2.05, 4.69) is 9.88 Å². The van der Waals surface area contributed by atoms with E-state index >= 15 is 0 Å². The Morgan fingerprint density at radius 1 is 1.45 bits per heavy atom. The van der Waals surface area contributed by atoms with Crippen molar-refractivity contribution in [3.63, 3.8) is 0 Å². The molecule has 106 valence electrons. The van der Waals surface area contributed by atoms with Crippen molar-refractivity contribution in [2.75, 3.05) is 7.05 Å². The Hall–Kier alpha value is -1.50. The first-order valence-electron chi connectivity index (χ1n) is 5.98. The van der Waals surface area contributed by atoms with Gasteiger partial charge in [-0.3, -0.25) is 15.0 Å². The van der Waals surface area contributed by atoms with E-state index in [9.17, 15) is 10.1 Å². The third-order valence-electron chi connectivity index (χ3n) is 2.76. The molecule has 1 aromatic carbocycles. The van der Waals surface area contributed by atoms with Crippen molar-refractivity contribution in [3.05, 3.63) is 55.0 Å². The Kier molecular flexibility index (Phi) is 4.69. The molecule has 2 rings (SSSR count). The summed E-state index contributed by atoms with van der Waals surface area (Å²) in [6, 6.07) is 4.89. The van der Waals surface area contributed by atoms with Crippen molar-refractivity contribution >= 4 is 28.6 Å². The molecule has 0 N–H and O–H groups in total. The van der Waals surface area contributed by atoms with E-state index < -0.39 is 4.92 Å². The molecule has 20 heavy (non-hydrogen) atoms. The van der Waals surface area contributed by atoms with Crippen LogP contribution in [-0.2, 0) is 13.1 Å². The number of benzene rings is 1. The van der Waals surface area contributed by atoms with Gasteiger partial charge in [0.05, 0.1) is 15.6 Å². The quantitative estimate of drug-likeness (QED) is 0.624. The first-order valence-corrected chi connectivity index (χ1v) is 7.24. The minimum Gasteiger partial charge on any atom is -0.296 e. The van der Waals surface area contributed by atoms with E-state index in [1.54, 1.807) is 23.5 Å². The fourth-order valence-electron chi connectivity index (χ4n) is 1.92. The maximum Gasteiger partial charge on any atom is 0.288 e. The second-order valence-electron chi connectivity index (χ2n) is 4.57. The van der Waals surface area contributed by atoms with Crippen LogP contribution in [0.4, 0.5) is 5.69 Å². The van der Waals surface area contributed by atoms with E-state index in [4.69, 9.17) is 11.6 Å². The molecule has 0 unspecified atom stereocenters. The molecule has 0 bridgehead atoms. The van der Waals surface area contributed by atoms with Crippen molar-refractivity contribution in [3.8, 4) is 0 Å². The van der Waals surface area contributed by atoms with Crippen LogP contribution in [-0.4, -0.2) is 21.9 Å². The Labute approximate surface area is 126 Å². The average molecular weight is 312 g/mol. The second kappa shape index (κ2) is 6.30. The van der Waals surface area contributed by atoms with E-state index in [1.807, 2.05) is 19.4 Å². The summed E-state index contributed by atoms with van der Waals surface area (Å²) in [5.74, 6) is 0. The van der Waals surface area contributed by atoms with Gasteiger partial charge in [0.2, 0.25) is 0 Å². The average Bonchev–Trinajstić information content (AvgIpc) is 2.76. The predicted molar refractivity (Wildman–Crippen MR) is 80.1 cm³/mol. The van der Waals surface area contributed by atoms with Crippen molar-refractivity contribution in [2.24, 2.45) is 0 Å². The molecule has 0 saturated carbocycles. The highest BCUT2D eigenvalue weighted by Gasteiger charge is 2.13. The number of nitro groups is 1. The maximum absolute atomic E-state index is 10.9. The van der Waals surface area contributed by atoms with Crippen molar-refractivity contribution in [1.29, 1.82) is 0 Å². The normalized spacial score (nSPS) is 11.0. The number of rotatable bonds is 5. The highest BCUT2D eigenvalue weighted by molar-refractivity contribution is 7.09. The van der Waals surface area contributed by atoms with Crippen LogP contribution in [0.25, 0.3) is 0 Å². The lowest BCUT2D eigenvalue weighted by Crippen LogP contribution is -2.17. The number of hydrogen-bond donors (Lipinski definition) is 0. The SMILES string of the molecule is Cc1nc(CN(C)Cc2ccc(Cl)c([N+](=O)[O-])c2)cs1. The van der Waals surface area contributed by atoms with Gasteiger partial charge in [-0.05, 0) is 25.6 Å². The minimum atomic E-state index is -0.463. The Bertz CT molecular complexity index is 630. The number of halogens is 1. The fraction of sp³-hybridized carbons (Fsp3) is 0.308. The summed E-state index contributed by atoms with van der Waals surface area (Å²) in [6.07, 6.45) is 0. The van der Waals surface area contributed by atoms with Crippen LogP contribution < -0.4 is 0 Å². The molecule has 0 atom stereocenters. The van der Waals surface area contributed by atoms with E-state index in [0.29, 0.717) is 13.1 Å². The predicted octanol–water partition coefficient (Wildman–Crippen LogP) is 3.65. The van der Waals surface area contributed by atoms with Crippen molar-refractivity contribution < 1.29 is 4.92 Å². The lowest BCUT2D eigenvalue weighted by Gasteiger charge is -2.15. The topological polar surface area (TPSA) is 59.3 Å². The molecule has 0 fully saturated rings. The molecule has 2 aromatic rings. The zero-order chi connectivity index (χ0) is 14.7. The largest absolute Gasteiger partial charge is 0.296 e. The van der Waals surface area contributed by atoms with Gasteiger partial charge in [0.15, 0.2) is 0 Å². The maximum atomic E-state index is 10.9. The molecule has 0 spiro atoms. The summed E-state index contributed by atoms with van der Waals surface area (Å²) < 4.78 is 0. The zero-order valence-corrected chi connectivity index (χ0v) is 12.7. The molecule has 1 aromatic heterocycles. The van der Waals surface area contributed by atoms with Crippen LogP contribution in [0, 0.1) is 17.0 Å². The molecular weight excluding hydrogens is 298 g/mol. The van der Waals surface area contributed by atoms with Crippen molar-refractivity contribution in [2.45, 2.75) is 20.0 Å². The summed E-state index contributed by atoms with van der Waals surface area (Å²) >= 11 is 7.41. The van der Waals surface area contributed by atoms with Crippen LogP contribution in [0.15, 0.2) is 23.6 Å². The summed E-state index contributed by atoms with van der Waals surface area (Å²) in [5.41, 5.74) is 1.82. The van der Waals surface area contributed by atoms with Crippen LogP contribution in [0.2, 0.25) is 5.02 Å². The molecule has 0 aliphatic carbocycles. The Morgan fingerprint density at radius 3 is 2.80 bits per heavy atom.